The number of nitrogens with zero attached hydrogens (tertiary/aromatic N) is 2. The highest BCUT2D eigenvalue weighted by Crippen LogP contribution is 2.20. The van der Waals surface area contributed by atoms with Crippen molar-refractivity contribution in [2.24, 2.45) is 0 Å². The maximum Gasteiger partial charge on any atom is 0.229 e. The number of aromatic nitrogens is 2. The van der Waals surface area contributed by atoms with E-state index in [1.54, 1.807) is 0 Å². The Morgan fingerprint density at radius 3 is 2.71 bits per heavy atom. The van der Waals surface area contributed by atoms with Crippen LogP contribution in [0.25, 0.3) is 0 Å². The molecule has 17 heavy (non-hydrogen) atoms. The largest absolute Gasteiger partial charge is 0.393 e. The second kappa shape index (κ2) is 7.40. The van der Waals surface area contributed by atoms with E-state index in [2.05, 4.69) is 17.1 Å². The molecule has 0 aliphatic carbocycles. The molecule has 1 rings (SSSR count). The molecule has 0 fully saturated rings. The highest BCUT2D eigenvalue weighted by atomic mass is 16.5. The van der Waals surface area contributed by atoms with Crippen LogP contribution in [0.3, 0.4) is 0 Å². The predicted molar refractivity (Wildman–Crippen MR) is 63.6 cm³/mol. The van der Waals surface area contributed by atoms with E-state index in [1.165, 1.54) is 0 Å². The van der Waals surface area contributed by atoms with E-state index in [0.29, 0.717) is 31.2 Å². The first-order chi connectivity index (χ1) is 8.21. The maximum atomic E-state index is 9.51. The van der Waals surface area contributed by atoms with Crippen LogP contribution in [0.2, 0.25) is 0 Å². The molecule has 0 saturated carbocycles. The third-order valence-electron chi connectivity index (χ3n) is 2.57. The molecule has 0 aliphatic rings. The zero-order valence-corrected chi connectivity index (χ0v) is 10.8. The van der Waals surface area contributed by atoms with Crippen molar-refractivity contribution >= 4 is 0 Å². The molecule has 1 N–H and O–H groups in total. The van der Waals surface area contributed by atoms with Crippen molar-refractivity contribution in [1.82, 2.24) is 10.1 Å². The molecule has 1 heterocycles. The van der Waals surface area contributed by atoms with Gasteiger partial charge in [-0.25, -0.2) is 0 Å². The van der Waals surface area contributed by atoms with Gasteiger partial charge < -0.3 is 14.4 Å². The lowest BCUT2D eigenvalue weighted by Gasteiger charge is -2.11. The summed E-state index contributed by atoms with van der Waals surface area (Å²) in [4.78, 5) is 4.27. The molecule has 1 aromatic rings. The van der Waals surface area contributed by atoms with Crippen LogP contribution in [0.4, 0.5) is 0 Å². The van der Waals surface area contributed by atoms with E-state index in [9.17, 15) is 5.11 Å². The van der Waals surface area contributed by atoms with E-state index in [1.807, 2.05) is 13.8 Å². The zero-order chi connectivity index (χ0) is 12.7. The van der Waals surface area contributed by atoms with Crippen molar-refractivity contribution in [2.45, 2.75) is 58.7 Å². The Morgan fingerprint density at radius 1 is 1.35 bits per heavy atom. The summed E-state index contributed by atoms with van der Waals surface area (Å²) in [5, 5.41) is 13.4. The molecule has 98 valence electrons. The summed E-state index contributed by atoms with van der Waals surface area (Å²) >= 11 is 0. The van der Waals surface area contributed by atoms with Gasteiger partial charge in [0.05, 0.1) is 12.5 Å². The van der Waals surface area contributed by atoms with Crippen LogP contribution >= 0.6 is 0 Å². The van der Waals surface area contributed by atoms with Crippen LogP contribution in [-0.4, -0.2) is 28.0 Å². The van der Waals surface area contributed by atoms with Crippen molar-refractivity contribution in [1.29, 1.82) is 0 Å². The number of hydrogen-bond acceptors (Lipinski definition) is 5. The van der Waals surface area contributed by atoms with Crippen LogP contribution in [0, 0.1) is 0 Å². The maximum absolute atomic E-state index is 9.51. The Bertz CT molecular complexity index is 308. The molecule has 2 atom stereocenters. The summed E-state index contributed by atoms with van der Waals surface area (Å²) in [7, 11) is 0. The van der Waals surface area contributed by atoms with Crippen LogP contribution in [0.1, 0.15) is 57.9 Å². The first-order valence-corrected chi connectivity index (χ1v) is 6.33. The minimum absolute atomic E-state index is 0.0960. The minimum Gasteiger partial charge on any atom is -0.393 e. The number of hydrogen-bond donors (Lipinski definition) is 1. The highest BCUT2D eigenvalue weighted by Gasteiger charge is 2.18. The molecular weight excluding hydrogens is 220 g/mol. The molecule has 0 saturated heterocycles. The number of rotatable bonds is 8. The van der Waals surface area contributed by atoms with Gasteiger partial charge in [0.2, 0.25) is 11.7 Å². The molecule has 0 amide bonds. The fourth-order valence-corrected chi connectivity index (χ4v) is 1.58. The van der Waals surface area contributed by atoms with E-state index < -0.39 is 6.10 Å². The van der Waals surface area contributed by atoms with Gasteiger partial charge in [0.1, 0.15) is 6.10 Å². The van der Waals surface area contributed by atoms with Gasteiger partial charge in [-0.2, -0.15) is 4.98 Å². The number of ether oxygens (including phenoxy) is 1. The smallest absolute Gasteiger partial charge is 0.229 e. The molecule has 1 aromatic heterocycles. The van der Waals surface area contributed by atoms with Crippen LogP contribution in [-0.2, 0) is 11.2 Å². The molecular formula is C12H22N2O3. The average Bonchev–Trinajstić information content (AvgIpc) is 2.77. The molecule has 5 nitrogen and oxygen atoms in total. The molecule has 0 aromatic carbocycles. The summed E-state index contributed by atoms with van der Waals surface area (Å²) in [6.45, 7) is 6.59. The SMILES string of the molecule is CCCC(OCC)c1noc(CC(O)CC)n1. The quantitative estimate of drug-likeness (QED) is 0.757. The first-order valence-electron chi connectivity index (χ1n) is 6.33. The van der Waals surface area contributed by atoms with Gasteiger partial charge in [0.15, 0.2) is 0 Å². The zero-order valence-electron chi connectivity index (χ0n) is 10.8. The highest BCUT2D eigenvalue weighted by molar-refractivity contribution is 4.92. The third-order valence-corrected chi connectivity index (χ3v) is 2.57. The van der Waals surface area contributed by atoms with E-state index >= 15 is 0 Å². The van der Waals surface area contributed by atoms with Gasteiger partial charge in [-0.3, -0.25) is 0 Å². The summed E-state index contributed by atoms with van der Waals surface area (Å²) in [6.07, 6.45) is 2.46. The summed E-state index contributed by atoms with van der Waals surface area (Å²) < 4.78 is 10.7. The number of aliphatic hydroxyl groups excluding tert-OH is 1. The summed E-state index contributed by atoms with van der Waals surface area (Å²) in [6, 6.07) is 0. The van der Waals surface area contributed by atoms with Crippen molar-refractivity contribution in [3.05, 3.63) is 11.7 Å². The van der Waals surface area contributed by atoms with Gasteiger partial charge in [0, 0.05) is 6.61 Å². The lowest BCUT2D eigenvalue weighted by molar-refractivity contribution is 0.0477. The van der Waals surface area contributed by atoms with Gasteiger partial charge in [-0.1, -0.05) is 25.4 Å². The standard InChI is InChI=1S/C12H22N2O3/c1-4-7-10(16-6-3)12-13-11(17-14-12)8-9(15)5-2/h9-10,15H,4-8H2,1-3H3. The van der Waals surface area contributed by atoms with Gasteiger partial charge in [-0.05, 0) is 19.8 Å². The van der Waals surface area contributed by atoms with E-state index in [0.717, 1.165) is 12.8 Å². The molecule has 5 heteroatoms. The van der Waals surface area contributed by atoms with Gasteiger partial charge in [-0.15, -0.1) is 0 Å². The van der Waals surface area contributed by atoms with Gasteiger partial charge in [0.25, 0.3) is 0 Å². The number of aliphatic hydroxyl groups is 1. The Labute approximate surface area is 102 Å². The Kier molecular flexibility index (Phi) is 6.15. The van der Waals surface area contributed by atoms with Crippen molar-refractivity contribution in [3.8, 4) is 0 Å². The van der Waals surface area contributed by atoms with Crippen LogP contribution in [0.15, 0.2) is 4.52 Å². The van der Waals surface area contributed by atoms with Crippen molar-refractivity contribution in [3.63, 3.8) is 0 Å². The van der Waals surface area contributed by atoms with Crippen molar-refractivity contribution < 1.29 is 14.4 Å². The fourth-order valence-electron chi connectivity index (χ4n) is 1.58. The van der Waals surface area contributed by atoms with Gasteiger partial charge >= 0.3 is 0 Å². The topological polar surface area (TPSA) is 68.4 Å². The monoisotopic (exact) mass is 242 g/mol. The normalized spacial score (nSPS) is 14.8. The molecule has 0 spiro atoms. The van der Waals surface area contributed by atoms with E-state index in [-0.39, 0.29) is 6.10 Å². The lowest BCUT2D eigenvalue weighted by atomic mass is 10.2. The Morgan fingerprint density at radius 2 is 2.12 bits per heavy atom. The lowest BCUT2D eigenvalue weighted by Crippen LogP contribution is -2.09. The second-order valence-electron chi connectivity index (χ2n) is 4.05. The Balaban J connectivity index is 2.63. The average molecular weight is 242 g/mol. The fraction of sp³-hybridized carbons (Fsp3) is 0.833. The third kappa shape index (κ3) is 4.44. The van der Waals surface area contributed by atoms with Crippen LogP contribution < -0.4 is 0 Å². The summed E-state index contributed by atoms with van der Waals surface area (Å²) in [5.74, 6) is 1.07. The van der Waals surface area contributed by atoms with Crippen LogP contribution in [0.5, 0.6) is 0 Å². The van der Waals surface area contributed by atoms with Crippen molar-refractivity contribution in [2.75, 3.05) is 6.61 Å². The molecule has 0 aliphatic heterocycles. The molecule has 0 bridgehead atoms. The minimum atomic E-state index is -0.417. The first kappa shape index (κ1) is 14.1. The van der Waals surface area contributed by atoms with E-state index in [4.69, 9.17) is 9.26 Å². The molecule has 2 unspecified atom stereocenters. The second-order valence-corrected chi connectivity index (χ2v) is 4.05. The molecule has 0 radical (unpaired) electrons. The summed E-state index contributed by atoms with van der Waals surface area (Å²) in [5.41, 5.74) is 0. The Hall–Kier alpha value is -0.940. The predicted octanol–water partition coefficient (Wildman–Crippen LogP) is 2.26.